The highest BCUT2D eigenvalue weighted by molar-refractivity contribution is 5.85. The molecule has 6 heteroatoms. The van der Waals surface area contributed by atoms with E-state index in [9.17, 15) is 14.3 Å². The lowest BCUT2D eigenvalue weighted by Gasteiger charge is -2.47. The van der Waals surface area contributed by atoms with Gasteiger partial charge in [0.25, 0.3) is 0 Å². The minimum Gasteiger partial charge on any atom is -0.481 e. The molecule has 184 valence electrons. The standard InChI is InChI=1S/C29H34FN3O2/c30-26-10-3-4-11-28(26)33-18-16-32(17-19-33)27-14-15-31(21-24(27)12-13-29(34)35)20-23-8-5-7-22-6-1-2-9-25(22)23/h1-11,24,27H,12-21H2,(H,34,35)/t24-,27+/m0/s1. The lowest BCUT2D eigenvalue weighted by atomic mass is 9.86. The quantitative estimate of drug-likeness (QED) is 0.529. The highest BCUT2D eigenvalue weighted by Gasteiger charge is 2.35. The molecule has 2 aliphatic heterocycles. The zero-order valence-electron chi connectivity index (χ0n) is 20.2. The summed E-state index contributed by atoms with van der Waals surface area (Å²) in [6.45, 7) is 6.15. The predicted molar refractivity (Wildman–Crippen MR) is 138 cm³/mol. The third-order valence-corrected chi connectivity index (χ3v) is 7.76. The number of piperidine rings is 1. The molecule has 0 bridgehead atoms. The normalized spacial score (nSPS) is 21.9. The Morgan fingerprint density at radius 1 is 0.914 bits per heavy atom. The number of nitrogens with zero attached hydrogens (tertiary/aromatic N) is 3. The summed E-state index contributed by atoms with van der Waals surface area (Å²) >= 11 is 0. The first-order valence-electron chi connectivity index (χ1n) is 12.7. The molecule has 0 amide bonds. The molecule has 2 fully saturated rings. The van der Waals surface area contributed by atoms with E-state index in [4.69, 9.17) is 0 Å². The topological polar surface area (TPSA) is 47.0 Å². The fourth-order valence-corrected chi connectivity index (χ4v) is 5.99. The Hall–Kier alpha value is -2.96. The predicted octanol–water partition coefficient (Wildman–Crippen LogP) is 4.86. The van der Waals surface area contributed by atoms with E-state index in [1.807, 2.05) is 12.1 Å². The summed E-state index contributed by atoms with van der Waals surface area (Å²) in [6.07, 6.45) is 1.94. The van der Waals surface area contributed by atoms with E-state index in [-0.39, 0.29) is 12.2 Å². The van der Waals surface area contributed by atoms with Crippen molar-refractivity contribution in [3.63, 3.8) is 0 Å². The van der Waals surface area contributed by atoms with Gasteiger partial charge in [0.15, 0.2) is 0 Å². The van der Waals surface area contributed by atoms with Gasteiger partial charge in [0.05, 0.1) is 5.69 Å². The van der Waals surface area contributed by atoms with Crippen LogP contribution in [0.25, 0.3) is 10.8 Å². The summed E-state index contributed by atoms with van der Waals surface area (Å²) < 4.78 is 14.3. The maximum Gasteiger partial charge on any atom is 0.303 e. The fourth-order valence-electron chi connectivity index (χ4n) is 5.99. The van der Waals surface area contributed by atoms with Crippen molar-refractivity contribution in [2.24, 2.45) is 5.92 Å². The smallest absolute Gasteiger partial charge is 0.303 e. The molecule has 1 N–H and O–H groups in total. The van der Waals surface area contributed by atoms with E-state index >= 15 is 0 Å². The molecular weight excluding hydrogens is 441 g/mol. The van der Waals surface area contributed by atoms with Crippen LogP contribution in [0.1, 0.15) is 24.8 Å². The molecular formula is C29H34FN3O2. The second-order valence-corrected chi connectivity index (χ2v) is 9.90. The highest BCUT2D eigenvalue weighted by Crippen LogP contribution is 2.30. The number of hydrogen-bond acceptors (Lipinski definition) is 4. The van der Waals surface area contributed by atoms with E-state index < -0.39 is 5.97 Å². The van der Waals surface area contributed by atoms with E-state index in [1.54, 1.807) is 6.07 Å². The van der Waals surface area contributed by atoms with Crippen LogP contribution in [-0.4, -0.2) is 66.2 Å². The summed E-state index contributed by atoms with van der Waals surface area (Å²) in [5.74, 6) is -0.573. The van der Waals surface area contributed by atoms with Crippen LogP contribution in [0.3, 0.4) is 0 Å². The van der Waals surface area contributed by atoms with Gasteiger partial charge in [-0.3, -0.25) is 14.6 Å². The number of carboxylic acid groups (broad SMARTS) is 1. The van der Waals surface area contributed by atoms with Crippen LogP contribution in [0.15, 0.2) is 66.7 Å². The van der Waals surface area contributed by atoms with Gasteiger partial charge in [-0.2, -0.15) is 0 Å². The molecule has 0 aromatic heterocycles. The molecule has 3 aromatic rings. The van der Waals surface area contributed by atoms with E-state index in [2.05, 4.69) is 57.2 Å². The number of fused-ring (bicyclic) bond motifs is 1. The number of carbonyl (C=O) groups is 1. The number of benzene rings is 3. The first kappa shape index (κ1) is 23.8. The van der Waals surface area contributed by atoms with Crippen LogP contribution in [0.2, 0.25) is 0 Å². The van der Waals surface area contributed by atoms with Crippen molar-refractivity contribution >= 4 is 22.4 Å². The molecule has 2 heterocycles. The van der Waals surface area contributed by atoms with Gasteiger partial charge in [-0.15, -0.1) is 0 Å². The Labute approximate surface area is 206 Å². The Kier molecular flexibility index (Phi) is 7.30. The van der Waals surface area contributed by atoms with Crippen molar-refractivity contribution in [3.8, 4) is 0 Å². The minimum absolute atomic E-state index is 0.165. The van der Waals surface area contributed by atoms with Crippen molar-refractivity contribution in [2.45, 2.75) is 31.8 Å². The van der Waals surface area contributed by atoms with Crippen molar-refractivity contribution in [2.75, 3.05) is 44.2 Å². The van der Waals surface area contributed by atoms with Crippen LogP contribution >= 0.6 is 0 Å². The monoisotopic (exact) mass is 475 g/mol. The van der Waals surface area contributed by atoms with Gasteiger partial charge in [0, 0.05) is 51.7 Å². The second-order valence-electron chi connectivity index (χ2n) is 9.90. The average Bonchev–Trinajstić information content (AvgIpc) is 2.88. The van der Waals surface area contributed by atoms with Gasteiger partial charge in [0.1, 0.15) is 5.82 Å². The molecule has 0 aliphatic carbocycles. The van der Waals surface area contributed by atoms with Gasteiger partial charge in [0.2, 0.25) is 0 Å². The summed E-state index contributed by atoms with van der Waals surface area (Å²) in [4.78, 5) is 18.6. The van der Waals surface area contributed by atoms with E-state index in [1.165, 1.54) is 22.4 Å². The fraction of sp³-hybridized carbons (Fsp3) is 0.414. The number of anilines is 1. The zero-order chi connectivity index (χ0) is 24.2. The molecule has 5 rings (SSSR count). The first-order valence-corrected chi connectivity index (χ1v) is 12.7. The molecule has 0 spiro atoms. The van der Waals surface area contributed by atoms with Gasteiger partial charge >= 0.3 is 5.97 Å². The molecule has 2 atom stereocenters. The van der Waals surface area contributed by atoms with Crippen LogP contribution < -0.4 is 4.90 Å². The second kappa shape index (κ2) is 10.8. The third kappa shape index (κ3) is 5.49. The lowest BCUT2D eigenvalue weighted by molar-refractivity contribution is -0.137. The first-order chi connectivity index (χ1) is 17.1. The average molecular weight is 476 g/mol. The number of rotatable bonds is 7. The Balaban J connectivity index is 1.26. The highest BCUT2D eigenvalue weighted by atomic mass is 19.1. The van der Waals surface area contributed by atoms with Gasteiger partial charge in [-0.1, -0.05) is 54.6 Å². The largest absolute Gasteiger partial charge is 0.481 e. The molecule has 2 saturated heterocycles. The van der Waals surface area contributed by atoms with Crippen molar-refractivity contribution in [1.29, 1.82) is 0 Å². The maximum atomic E-state index is 14.3. The van der Waals surface area contributed by atoms with Crippen molar-refractivity contribution in [3.05, 3.63) is 78.1 Å². The number of hydrogen-bond donors (Lipinski definition) is 1. The number of para-hydroxylation sites is 1. The van der Waals surface area contributed by atoms with Crippen LogP contribution in [-0.2, 0) is 11.3 Å². The summed E-state index contributed by atoms with van der Waals surface area (Å²) in [5.41, 5.74) is 2.01. The number of carboxylic acids is 1. The van der Waals surface area contributed by atoms with Crippen molar-refractivity contribution < 1.29 is 14.3 Å². The number of likely N-dealkylation sites (tertiary alicyclic amines) is 1. The Morgan fingerprint density at radius 2 is 1.66 bits per heavy atom. The van der Waals surface area contributed by atoms with Crippen LogP contribution in [0.4, 0.5) is 10.1 Å². The Morgan fingerprint density at radius 3 is 2.46 bits per heavy atom. The number of piperazine rings is 1. The zero-order valence-corrected chi connectivity index (χ0v) is 20.2. The van der Waals surface area contributed by atoms with E-state index in [0.717, 1.165) is 52.2 Å². The summed E-state index contributed by atoms with van der Waals surface area (Å²) in [5, 5.41) is 11.9. The Bertz CT molecular complexity index is 1160. The van der Waals surface area contributed by atoms with Gasteiger partial charge in [-0.25, -0.2) is 4.39 Å². The number of halogens is 1. The summed E-state index contributed by atoms with van der Waals surface area (Å²) in [7, 11) is 0. The molecule has 0 radical (unpaired) electrons. The molecule has 2 aliphatic rings. The van der Waals surface area contributed by atoms with Gasteiger partial charge in [-0.05, 0) is 53.8 Å². The molecule has 0 unspecified atom stereocenters. The van der Waals surface area contributed by atoms with Crippen LogP contribution in [0, 0.1) is 11.7 Å². The minimum atomic E-state index is -0.723. The number of aliphatic carboxylic acids is 1. The SMILES string of the molecule is O=C(O)CC[C@H]1CN(Cc2cccc3ccccc23)CC[C@H]1N1CCN(c2ccccc2F)CC1. The molecule has 3 aromatic carbocycles. The maximum absolute atomic E-state index is 14.3. The third-order valence-electron chi connectivity index (χ3n) is 7.76. The molecule has 5 nitrogen and oxygen atoms in total. The van der Waals surface area contributed by atoms with Crippen molar-refractivity contribution in [1.82, 2.24) is 9.80 Å². The molecule has 0 saturated carbocycles. The molecule has 35 heavy (non-hydrogen) atoms. The van der Waals surface area contributed by atoms with Gasteiger partial charge < -0.3 is 10.0 Å². The van der Waals surface area contributed by atoms with E-state index in [0.29, 0.717) is 24.1 Å². The van der Waals surface area contributed by atoms with Crippen LogP contribution in [0.5, 0.6) is 0 Å². The summed E-state index contributed by atoms with van der Waals surface area (Å²) in [6, 6.07) is 22.4. The lowest BCUT2D eigenvalue weighted by Crippen LogP contribution is -2.56.